The molecule has 2 aromatic carbocycles. The highest BCUT2D eigenvalue weighted by molar-refractivity contribution is 7.16. The summed E-state index contributed by atoms with van der Waals surface area (Å²) in [6, 6.07) is 15.1. The van der Waals surface area contributed by atoms with Crippen LogP contribution >= 0.6 is 22.9 Å². The molecule has 0 saturated heterocycles. The number of aromatic nitrogens is 1. The van der Waals surface area contributed by atoms with Crippen LogP contribution in [0.15, 0.2) is 59.6 Å². The molecule has 1 aromatic heterocycles. The molecular weight excluding hydrogens is 340 g/mol. The monoisotopic (exact) mass is 352 g/mol. The highest BCUT2D eigenvalue weighted by atomic mass is 35.5. The summed E-state index contributed by atoms with van der Waals surface area (Å²) in [7, 11) is 0. The third kappa shape index (κ3) is 3.48. The van der Waals surface area contributed by atoms with Crippen LogP contribution in [0.5, 0.6) is 0 Å². The van der Waals surface area contributed by atoms with Gasteiger partial charge in [-0.15, -0.1) is 6.42 Å². The summed E-state index contributed by atoms with van der Waals surface area (Å²) >= 11 is 7.51. The van der Waals surface area contributed by atoms with Crippen LogP contribution in [0.4, 0.5) is 0 Å². The van der Waals surface area contributed by atoms with Gasteiger partial charge in [-0.3, -0.25) is 4.79 Å². The molecule has 0 radical (unpaired) electrons. The van der Waals surface area contributed by atoms with Crippen LogP contribution in [0.2, 0.25) is 5.02 Å². The van der Waals surface area contributed by atoms with Gasteiger partial charge in [0, 0.05) is 11.1 Å². The first-order valence-electron chi connectivity index (χ1n) is 7.22. The highest BCUT2D eigenvalue weighted by Gasteiger charge is 2.05. The van der Waals surface area contributed by atoms with Gasteiger partial charge >= 0.3 is 0 Å². The molecule has 0 saturated carbocycles. The average Bonchev–Trinajstić information content (AvgIpc) is 2.92. The quantitative estimate of drug-likeness (QED) is 0.515. The first-order valence-corrected chi connectivity index (χ1v) is 8.41. The summed E-state index contributed by atoms with van der Waals surface area (Å²) in [5.74, 6) is 2.25. The van der Waals surface area contributed by atoms with Crippen molar-refractivity contribution >= 4 is 45.1 Å². The number of hydrogen-bond acceptors (Lipinski definition) is 2. The van der Waals surface area contributed by atoms with Crippen LogP contribution < -0.4 is 4.80 Å². The number of para-hydroxylation sites is 1. The van der Waals surface area contributed by atoms with Crippen LogP contribution in [0.25, 0.3) is 16.3 Å². The van der Waals surface area contributed by atoms with E-state index in [9.17, 15) is 4.79 Å². The highest BCUT2D eigenvalue weighted by Crippen LogP contribution is 2.17. The van der Waals surface area contributed by atoms with E-state index in [1.165, 1.54) is 17.4 Å². The molecule has 0 N–H and O–H groups in total. The van der Waals surface area contributed by atoms with Crippen LogP contribution in [-0.2, 0) is 11.3 Å². The van der Waals surface area contributed by atoms with Gasteiger partial charge < -0.3 is 4.57 Å². The third-order valence-electron chi connectivity index (χ3n) is 3.35. The maximum absolute atomic E-state index is 12.2. The van der Waals surface area contributed by atoms with Gasteiger partial charge in [-0.25, -0.2) is 0 Å². The predicted molar refractivity (Wildman–Crippen MR) is 99.7 cm³/mol. The minimum atomic E-state index is -0.354. The number of halogens is 1. The van der Waals surface area contributed by atoms with Gasteiger partial charge in [0.15, 0.2) is 4.80 Å². The van der Waals surface area contributed by atoms with E-state index in [4.69, 9.17) is 18.0 Å². The molecule has 0 aliphatic rings. The van der Waals surface area contributed by atoms with Gasteiger partial charge in [0.25, 0.3) is 5.91 Å². The van der Waals surface area contributed by atoms with Gasteiger partial charge in [0.1, 0.15) is 0 Å². The Morgan fingerprint density at radius 2 is 2.00 bits per heavy atom. The zero-order valence-corrected chi connectivity index (χ0v) is 14.2. The molecular formula is C19H13ClN2OS. The van der Waals surface area contributed by atoms with Gasteiger partial charge in [-0.1, -0.05) is 59.2 Å². The number of nitrogens with zero attached hydrogens (tertiary/aromatic N) is 2. The first kappa shape index (κ1) is 16.3. The average molecular weight is 353 g/mol. The van der Waals surface area contributed by atoms with Crippen molar-refractivity contribution in [1.29, 1.82) is 0 Å². The van der Waals surface area contributed by atoms with E-state index >= 15 is 0 Å². The summed E-state index contributed by atoms with van der Waals surface area (Å²) in [5.41, 5.74) is 1.75. The Kier molecular flexibility index (Phi) is 4.95. The maximum Gasteiger partial charge on any atom is 0.272 e. The Balaban J connectivity index is 1.98. The van der Waals surface area contributed by atoms with Crippen LogP contribution in [0, 0.1) is 12.3 Å². The van der Waals surface area contributed by atoms with Crippen molar-refractivity contribution in [1.82, 2.24) is 4.57 Å². The Morgan fingerprint density at radius 1 is 1.25 bits per heavy atom. The number of terminal acetylenes is 1. The molecule has 0 fully saturated rings. The van der Waals surface area contributed by atoms with E-state index < -0.39 is 0 Å². The number of rotatable bonds is 3. The Hall–Kier alpha value is -2.61. The second-order valence-electron chi connectivity index (χ2n) is 4.95. The molecule has 1 amide bonds. The van der Waals surface area contributed by atoms with E-state index in [1.54, 1.807) is 12.1 Å². The van der Waals surface area contributed by atoms with Crippen molar-refractivity contribution in [2.75, 3.05) is 0 Å². The molecule has 0 spiro atoms. The predicted octanol–water partition coefficient (Wildman–Crippen LogP) is 4.13. The molecule has 3 rings (SSSR count). The normalized spacial score (nSPS) is 11.9. The zero-order valence-electron chi connectivity index (χ0n) is 12.6. The van der Waals surface area contributed by atoms with Gasteiger partial charge in [0.05, 0.1) is 16.8 Å². The van der Waals surface area contributed by atoms with Crippen molar-refractivity contribution in [3.8, 4) is 12.3 Å². The molecule has 24 heavy (non-hydrogen) atoms. The summed E-state index contributed by atoms with van der Waals surface area (Å²) in [4.78, 5) is 16.9. The lowest BCUT2D eigenvalue weighted by Crippen LogP contribution is -2.15. The second kappa shape index (κ2) is 7.31. The lowest BCUT2D eigenvalue weighted by molar-refractivity contribution is -0.113. The number of carbonyl (C=O) groups excluding carboxylic acids is 1. The summed E-state index contributed by atoms with van der Waals surface area (Å²) in [5, 5.41) is 0.589. The maximum atomic E-state index is 12.2. The van der Waals surface area contributed by atoms with E-state index in [-0.39, 0.29) is 5.91 Å². The van der Waals surface area contributed by atoms with Gasteiger partial charge in [-0.2, -0.15) is 4.99 Å². The minimum Gasteiger partial charge on any atom is -0.305 e. The number of hydrogen-bond donors (Lipinski definition) is 0. The summed E-state index contributed by atoms with van der Waals surface area (Å²) in [6.45, 7) is 0.365. The first-order chi connectivity index (χ1) is 11.7. The number of amides is 1. The molecule has 0 bridgehead atoms. The molecule has 5 heteroatoms. The smallest absolute Gasteiger partial charge is 0.272 e. The van der Waals surface area contributed by atoms with Crippen molar-refractivity contribution in [3.63, 3.8) is 0 Å². The van der Waals surface area contributed by atoms with Crippen LogP contribution in [0.3, 0.4) is 0 Å². The molecule has 0 aliphatic heterocycles. The van der Waals surface area contributed by atoms with Crippen LogP contribution in [0.1, 0.15) is 5.56 Å². The number of carbonyl (C=O) groups is 1. The fraction of sp³-hybridized carbons (Fsp3) is 0.0526. The molecule has 0 aliphatic carbocycles. The standard InChI is InChI=1S/C19H13ClN2OS/c1-2-13-22-16-9-5-6-10-17(16)24-19(22)21-18(23)12-11-14-7-3-4-8-15(14)20/h1,3-12H,13H2/b12-11+,21-19?. The molecule has 3 aromatic rings. The SMILES string of the molecule is C#CCn1c(=NC(=O)/C=C/c2ccccc2Cl)sc2ccccc21. The van der Waals surface area contributed by atoms with Crippen molar-refractivity contribution in [2.45, 2.75) is 6.54 Å². The summed E-state index contributed by atoms with van der Waals surface area (Å²) in [6.07, 6.45) is 8.51. The lowest BCUT2D eigenvalue weighted by Gasteiger charge is -1.98. The summed E-state index contributed by atoms with van der Waals surface area (Å²) < 4.78 is 2.90. The topological polar surface area (TPSA) is 34.4 Å². The van der Waals surface area contributed by atoms with Crippen molar-refractivity contribution in [2.24, 2.45) is 4.99 Å². The largest absolute Gasteiger partial charge is 0.305 e. The third-order valence-corrected chi connectivity index (χ3v) is 4.76. The van der Waals surface area contributed by atoms with Gasteiger partial charge in [-0.05, 0) is 29.8 Å². The zero-order chi connectivity index (χ0) is 16.9. The Morgan fingerprint density at radius 3 is 2.79 bits per heavy atom. The van der Waals surface area contributed by atoms with E-state index in [1.807, 2.05) is 47.0 Å². The fourth-order valence-corrected chi connectivity index (χ4v) is 3.49. The number of thiazole rings is 1. The lowest BCUT2D eigenvalue weighted by atomic mass is 10.2. The van der Waals surface area contributed by atoms with Crippen molar-refractivity contribution in [3.05, 3.63) is 70.0 Å². The molecule has 0 atom stereocenters. The molecule has 1 heterocycles. The fourth-order valence-electron chi connectivity index (χ4n) is 2.25. The van der Waals surface area contributed by atoms with Crippen molar-refractivity contribution < 1.29 is 4.79 Å². The number of fused-ring (bicyclic) bond motifs is 1. The van der Waals surface area contributed by atoms with Crippen LogP contribution in [-0.4, -0.2) is 10.5 Å². The van der Waals surface area contributed by atoms with E-state index in [2.05, 4.69) is 10.9 Å². The Labute approximate surface area is 148 Å². The van der Waals surface area contributed by atoms with E-state index in [0.29, 0.717) is 16.4 Å². The molecule has 0 unspecified atom stereocenters. The minimum absolute atomic E-state index is 0.354. The van der Waals surface area contributed by atoms with Gasteiger partial charge in [0.2, 0.25) is 0 Å². The van der Waals surface area contributed by atoms with E-state index in [0.717, 1.165) is 15.8 Å². The second-order valence-corrected chi connectivity index (χ2v) is 6.36. The molecule has 3 nitrogen and oxygen atoms in total. The number of benzene rings is 2. The molecule has 118 valence electrons. The Bertz CT molecular complexity index is 1040.